The molecule has 36 heavy (non-hydrogen) atoms. The molecule has 7 nitrogen and oxygen atoms in total. The Balaban J connectivity index is 1.48. The van der Waals surface area contributed by atoms with Gasteiger partial charge in [-0.2, -0.15) is 9.49 Å². The third-order valence-electron chi connectivity index (χ3n) is 5.27. The molecule has 0 saturated heterocycles. The molecule has 186 valence electrons. The quantitative estimate of drug-likeness (QED) is 0.238. The van der Waals surface area contributed by atoms with Crippen LogP contribution in [0.25, 0.3) is 21.7 Å². The summed E-state index contributed by atoms with van der Waals surface area (Å²) in [6.07, 6.45) is 0. The number of nitrogens with zero attached hydrogens (tertiary/aromatic N) is 2. The highest BCUT2D eigenvalue weighted by Gasteiger charge is 2.21. The third-order valence-corrected chi connectivity index (χ3v) is 6.80. The number of rotatable bonds is 10. The summed E-state index contributed by atoms with van der Waals surface area (Å²) in [5, 5.41) is 13.8. The molecule has 0 atom stereocenters. The molecular weight excluding hydrogens is 507 g/mol. The number of thiophene rings is 1. The molecule has 2 aromatic heterocycles. The SMILES string of the molecule is CCOc1c(F)c(-c2ccc(C(=O)O)cc2)nn1CCOc1ccc(-c2ccc(C(C)=O)s2)cc1Cl. The maximum Gasteiger partial charge on any atom is 0.335 e. The van der Waals surface area contributed by atoms with Crippen LogP contribution in [0.5, 0.6) is 11.6 Å². The number of carboxylic acid groups (broad SMARTS) is 1. The highest BCUT2D eigenvalue weighted by atomic mass is 35.5. The van der Waals surface area contributed by atoms with E-state index in [-0.39, 0.29) is 42.7 Å². The summed E-state index contributed by atoms with van der Waals surface area (Å²) >= 11 is 7.81. The first-order valence-corrected chi connectivity index (χ1v) is 12.2. The van der Waals surface area contributed by atoms with Crippen molar-refractivity contribution in [1.82, 2.24) is 9.78 Å². The highest BCUT2D eigenvalue weighted by molar-refractivity contribution is 7.17. The fourth-order valence-corrected chi connectivity index (χ4v) is 4.63. The predicted molar refractivity (Wildman–Crippen MR) is 136 cm³/mol. The summed E-state index contributed by atoms with van der Waals surface area (Å²) in [5.74, 6) is -1.26. The number of aromatic carboxylic acids is 1. The van der Waals surface area contributed by atoms with E-state index in [0.717, 1.165) is 10.4 Å². The molecule has 0 amide bonds. The molecule has 1 N–H and O–H groups in total. The van der Waals surface area contributed by atoms with E-state index in [0.29, 0.717) is 21.2 Å². The molecule has 0 unspecified atom stereocenters. The maximum absolute atomic E-state index is 15.1. The van der Waals surface area contributed by atoms with Crippen LogP contribution in [0.15, 0.2) is 54.6 Å². The maximum atomic E-state index is 15.1. The number of carboxylic acids is 1. The van der Waals surface area contributed by atoms with Crippen LogP contribution in [0.3, 0.4) is 0 Å². The molecule has 0 spiro atoms. The molecule has 0 aliphatic rings. The molecule has 2 heterocycles. The molecule has 4 rings (SSSR count). The van der Waals surface area contributed by atoms with Gasteiger partial charge in [-0.1, -0.05) is 23.7 Å². The fourth-order valence-electron chi connectivity index (χ4n) is 3.50. The number of ether oxygens (including phenoxy) is 2. The van der Waals surface area contributed by atoms with Crippen LogP contribution in [-0.4, -0.2) is 39.9 Å². The van der Waals surface area contributed by atoms with Crippen molar-refractivity contribution in [3.8, 4) is 33.3 Å². The number of hydrogen-bond acceptors (Lipinski definition) is 6. The van der Waals surface area contributed by atoms with Crippen LogP contribution < -0.4 is 9.47 Å². The predicted octanol–water partition coefficient (Wildman–Crippen LogP) is 6.45. The van der Waals surface area contributed by atoms with E-state index in [1.165, 1.54) is 47.2 Å². The number of carbonyl (C=O) groups excluding carboxylic acids is 1. The minimum atomic E-state index is -1.07. The zero-order valence-corrected chi connectivity index (χ0v) is 21.0. The van der Waals surface area contributed by atoms with Crippen LogP contribution in [0.4, 0.5) is 4.39 Å². The smallest absolute Gasteiger partial charge is 0.335 e. The van der Waals surface area contributed by atoms with Gasteiger partial charge in [0.05, 0.1) is 28.6 Å². The summed E-state index contributed by atoms with van der Waals surface area (Å²) in [4.78, 5) is 24.2. The molecule has 10 heteroatoms. The summed E-state index contributed by atoms with van der Waals surface area (Å²) in [5.41, 5.74) is 1.45. The second-order valence-corrected chi connectivity index (χ2v) is 9.21. The van der Waals surface area contributed by atoms with Gasteiger partial charge in [-0.3, -0.25) is 4.79 Å². The molecule has 2 aromatic carbocycles. The molecule has 0 fully saturated rings. The Labute approximate surface area is 215 Å². The van der Waals surface area contributed by atoms with E-state index in [1.807, 2.05) is 12.1 Å². The van der Waals surface area contributed by atoms with Crippen molar-refractivity contribution in [2.24, 2.45) is 0 Å². The Morgan fingerprint density at radius 3 is 2.42 bits per heavy atom. The van der Waals surface area contributed by atoms with Gasteiger partial charge in [0.25, 0.3) is 0 Å². The van der Waals surface area contributed by atoms with Gasteiger partial charge in [0.1, 0.15) is 18.1 Å². The van der Waals surface area contributed by atoms with Crippen molar-refractivity contribution in [1.29, 1.82) is 0 Å². The Bertz CT molecular complexity index is 1410. The summed E-state index contributed by atoms with van der Waals surface area (Å²) in [7, 11) is 0. The van der Waals surface area contributed by atoms with Gasteiger partial charge in [0.15, 0.2) is 5.78 Å². The normalized spacial score (nSPS) is 10.9. The van der Waals surface area contributed by atoms with Crippen LogP contribution in [-0.2, 0) is 6.54 Å². The second kappa shape index (κ2) is 10.9. The van der Waals surface area contributed by atoms with Gasteiger partial charge < -0.3 is 14.6 Å². The van der Waals surface area contributed by atoms with Crippen molar-refractivity contribution in [3.05, 3.63) is 75.9 Å². The van der Waals surface area contributed by atoms with Crippen molar-refractivity contribution >= 4 is 34.7 Å². The largest absolute Gasteiger partial charge is 0.490 e. The Hall–Kier alpha value is -3.69. The Kier molecular flexibility index (Phi) is 7.71. The van der Waals surface area contributed by atoms with E-state index in [1.54, 1.807) is 25.1 Å². The molecule has 4 aromatic rings. The van der Waals surface area contributed by atoms with Gasteiger partial charge in [-0.05, 0) is 61.9 Å². The zero-order chi connectivity index (χ0) is 25.8. The van der Waals surface area contributed by atoms with Gasteiger partial charge in [0, 0.05) is 10.4 Å². The standard InChI is InChI=1S/C26H22ClFN2O5S/c1-3-34-25-23(28)24(16-4-6-17(7-5-16)26(32)33)29-30(25)12-13-35-20-9-8-18(14-19(20)27)22-11-10-21(36-22)15(2)31/h4-11,14H,3,12-13H2,1-2H3,(H,32,33). The van der Waals surface area contributed by atoms with Crippen molar-refractivity contribution in [2.45, 2.75) is 20.4 Å². The van der Waals surface area contributed by atoms with E-state index in [4.69, 9.17) is 26.2 Å². The number of ketones is 1. The summed E-state index contributed by atoms with van der Waals surface area (Å²) < 4.78 is 27.7. The van der Waals surface area contributed by atoms with Crippen molar-refractivity contribution < 1.29 is 28.6 Å². The number of hydrogen-bond donors (Lipinski definition) is 1. The van der Waals surface area contributed by atoms with E-state index in [9.17, 15) is 9.59 Å². The first kappa shape index (κ1) is 25.4. The van der Waals surface area contributed by atoms with Crippen molar-refractivity contribution in [2.75, 3.05) is 13.2 Å². The Morgan fingerprint density at radius 2 is 1.81 bits per heavy atom. The lowest BCUT2D eigenvalue weighted by Gasteiger charge is -2.11. The highest BCUT2D eigenvalue weighted by Crippen LogP contribution is 2.34. The average Bonchev–Trinajstić information content (AvgIpc) is 3.47. The molecule has 0 bridgehead atoms. The van der Waals surface area contributed by atoms with Crippen LogP contribution in [0.1, 0.15) is 33.9 Å². The van der Waals surface area contributed by atoms with Gasteiger partial charge in [0.2, 0.25) is 11.7 Å². The zero-order valence-electron chi connectivity index (χ0n) is 19.5. The first-order valence-electron chi connectivity index (χ1n) is 11.0. The third kappa shape index (κ3) is 5.42. The Morgan fingerprint density at radius 1 is 1.08 bits per heavy atom. The molecular formula is C26H22ClFN2O5S. The number of aromatic nitrogens is 2. The second-order valence-electron chi connectivity index (χ2n) is 7.72. The number of Topliss-reactive ketones (excluding diaryl/α,β-unsaturated/α-hetero) is 1. The van der Waals surface area contributed by atoms with E-state index >= 15 is 4.39 Å². The minimum absolute atomic E-state index is 0.0132. The lowest BCUT2D eigenvalue weighted by Crippen LogP contribution is -2.12. The first-order chi connectivity index (χ1) is 17.3. The molecule has 0 saturated carbocycles. The average molecular weight is 529 g/mol. The summed E-state index contributed by atoms with van der Waals surface area (Å²) in [6, 6.07) is 14.8. The summed E-state index contributed by atoms with van der Waals surface area (Å²) in [6.45, 7) is 3.83. The van der Waals surface area contributed by atoms with Gasteiger partial charge in [-0.25, -0.2) is 9.48 Å². The topological polar surface area (TPSA) is 90.7 Å². The van der Waals surface area contributed by atoms with Gasteiger partial charge >= 0.3 is 5.97 Å². The van der Waals surface area contributed by atoms with Crippen LogP contribution in [0, 0.1) is 5.82 Å². The minimum Gasteiger partial charge on any atom is -0.490 e. The van der Waals surface area contributed by atoms with Gasteiger partial charge in [-0.15, -0.1) is 11.3 Å². The van der Waals surface area contributed by atoms with Crippen molar-refractivity contribution in [3.63, 3.8) is 0 Å². The molecule has 0 aliphatic carbocycles. The number of halogens is 2. The van der Waals surface area contributed by atoms with Crippen LogP contribution >= 0.6 is 22.9 Å². The fraction of sp³-hybridized carbons (Fsp3) is 0.192. The lowest BCUT2D eigenvalue weighted by molar-refractivity contribution is 0.0696. The van der Waals surface area contributed by atoms with E-state index in [2.05, 4.69) is 5.10 Å². The number of benzene rings is 2. The van der Waals surface area contributed by atoms with E-state index < -0.39 is 11.8 Å². The number of carbonyl (C=O) groups is 2. The van der Waals surface area contributed by atoms with Crippen LogP contribution in [0.2, 0.25) is 5.02 Å². The molecule has 0 radical (unpaired) electrons. The monoisotopic (exact) mass is 528 g/mol. The lowest BCUT2D eigenvalue weighted by atomic mass is 10.1. The molecule has 0 aliphatic heterocycles.